The molecular formula is C28H24OSi3. The van der Waals surface area contributed by atoms with Crippen LogP contribution in [0, 0.1) is 0 Å². The third kappa shape index (κ3) is 2.91. The summed E-state index contributed by atoms with van der Waals surface area (Å²) in [5.74, 6) is 0. The molecule has 1 unspecified atom stereocenters. The zero-order valence-electron chi connectivity index (χ0n) is 18.0. The van der Waals surface area contributed by atoms with Crippen LogP contribution >= 0.6 is 0 Å². The van der Waals surface area contributed by atoms with Crippen molar-refractivity contribution >= 4 is 80.7 Å². The van der Waals surface area contributed by atoms with Gasteiger partial charge in [0.2, 0.25) is 0 Å². The van der Waals surface area contributed by atoms with Gasteiger partial charge in [0.1, 0.15) is 9.28 Å². The van der Waals surface area contributed by atoms with Gasteiger partial charge in [-0.3, -0.25) is 0 Å². The molecule has 1 nitrogen and oxygen atoms in total. The first-order valence-corrected chi connectivity index (χ1v) is 21.3. The van der Waals surface area contributed by atoms with Gasteiger partial charge in [0.25, 0.3) is 0 Å². The van der Waals surface area contributed by atoms with E-state index in [1.54, 1.807) is 0 Å². The first-order chi connectivity index (χ1) is 15.8. The number of hydrogen-bond acceptors (Lipinski definition) is 1. The van der Waals surface area contributed by atoms with E-state index >= 15 is 0 Å². The van der Waals surface area contributed by atoms with Crippen molar-refractivity contribution in [2.45, 2.75) is 12.1 Å². The molecule has 4 heteroatoms. The lowest BCUT2D eigenvalue weighted by molar-refractivity contribution is 0.248. The van der Waals surface area contributed by atoms with Crippen molar-refractivity contribution in [1.82, 2.24) is 0 Å². The van der Waals surface area contributed by atoms with Crippen LogP contribution in [-0.4, -0.2) is 26.9 Å². The third-order valence-corrected chi connectivity index (χ3v) is 21.0. The van der Waals surface area contributed by atoms with Crippen LogP contribution in [0.4, 0.5) is 0 Å². The van der Waals surface area contributed by atoms with Gasteiger partial charge in [-0.15, -0.1) is 0 Å². The highest BCUT2D eigenvalue weighted by molar-refractivity contribution is 7.28. The first-order valence-electron chi connectivity index (χ1n) is 11.7. The van der Waals surface area contributed by atoms with E-state index < -0.39 is 0 Å². The van der Waals surface area contributed by atoms with Gasteiger partial charge in [-0.25, -0.2) is 0 Å². The summed E-state index contributed by atoms with van der Waals surface area (Å²) >= 11 is 0. The predicted molar refractivity (Wildman–Crippen MR) is 148 cm³/mol. The largest absolute Gasteiger partial charge is 0.422 e. The van der Waals surface area contributed by atoms with Crippen LogP contribution in [0.15, 0.2) is 91.0 Å². The Morgan fingerprint density at radius 3 is 2.00 bits per heavy atom. The normalized spacial score (nSPS) is 19.3. The maximum atomic E-state index is 6.55. The van der Waals surface area contributed by atoms with E-state index in [-0.39, 0.29) is 26.9 Å². The van der Waals surface area contributed by atoms with Crippen LogP contribution in [0.3, 0.4) is 0 Å². The van der Waals surface area contributed by atoms with Crippen molar-refractivity contribution in [3.63, 3.8) is 0 Å². The summed E-state index contributed by atoms with van der Waals surface area (Å²) in [4.78, 5) is 0. The minimum absolute atomic E-state index is 0.171. The van der Waals surface area contributed by atoms with E-state index in [4.69, 9.17) is 4.43 Å². The summed E-state index contributed by atoms with van der Waals surface area (Å²) in [6.45, 7) is 0. The SMILES string of the molecule is c1ccc2cc3cc4c(ccc5c(C6C[SiH2][SiH2][SiH2]O6)c6ccccc6cc54)cc3cc2c1. The van der Waals surface area contributed by atoms with Gasteiger partial charge < -0.3 is 4.43 Å². The lowest BCUT2D eigenvalue weighted by atomic mass is 9.90. The van der Waals surface area contributed by atoms with E-state index in [1.807, 2.05) is 0 Å². The predicted octanol–water partition coefficient (Wildman–Crippen LogP) is 5.19. The maximum Gasteiger partial charge on any atom is 0.141 e. The molecule has 6 aromatic carbocycles. The molecule has 0 amide bonds. The molecule has 0 saturated carbocycles. The van der Waals surface area contributed by atoms with Crippen LogP contribution in [0.25, 0.3) is 53.9 Å². The summed E-state index contributed by atoms with van der Waals surface area (Å²) < 4.78 is 6.55. The Balaban J connectivity index is 1.59. The highest BCUT2D eigenvalue weighted by Crippen LogP contribution is 2.40. The van der Waals surface area contributed by atoms with E-state index in [9.17, 15) is 0 Å². The van der Waals surface area contributed by atoms with E-state index in [2.05, 4.69) is 91.0 Å². The molecule has 32 heavy (non-hydrogen) atoms. The molecule has 0 aromatic heterocycles. The van der Waals surface area contributed by atoms with Crippen molar-refractivity contribution in [2.75, 3.05) is 0 Å². The fraction of sp³-hybridized carbons (Fsp3) is 0.0714. The lowest BCUT2D eigenvalue weighted by Crippen LogP contribution is -2.27. The van der Waals surface area contributed by atoms with Crippen molar-refractivity contribution in [3.8, 4) is 0 Å². The van der Waals surface area contributed by atoms with Gasteiger partial charge in [-0.05, 0) is 95.8 Å². The highest BCUT2D eigenvalue weighted by atomic mass is 29.5. The topological polar surface area (TPSA) is 9.23 Å². The fourth-order valence-electron chi connectivity index (χ4n) is 5.66. The third-order valence-electron chi connectivity index (χ3n) is 7.23. The number of benzene rings is 6. The van der Waals surface area contributed by atoms with Gasteiger partial charge in [0.15, 0.2) is 0 Å². The molecule has 0 radical (unpaired) electrons. The summed E-state index contributed by atoms with van der Waals surface area (Å²) in [7, 11) is 0.217. The molecule has 1 fully saturated rings. The number of rotatable bonds is 1. The smallest absolute Gasteiger partial charge is 0.141 e. The van der Waals surface area contributed by atoms with E-state index in [0.29, 0.717) is 6.10 Å². The Morgan fingerprint density at radius 1 is 0.562 bits per heavy atom. The van der Waals surface area contributed by atoms with Gasteiger partial charge in [0, 0.05) is 17.6 Å². The molecule has 6 aromatic rings. The molecule has 1 aliphatic rings. The lowest BCUT2D eigenvalue weighted by Gasteiger charge is -2.26. The first kappa shape index (κ1) is 18.8. The quantitative estimate of drug-likeness (QED) is 0.186. The van der Waals surface area contributed by atoms with Crippen molar-refractivity contribution < 1.29 is 4.43 Å². The maximum absolute atomic E-state index is 6.55. The highest BCUT2D eigenvalue weighted by Gasteiger charge is 2.22. The summed E-state index contributed by atoms with van der Waals surface area (Å²) in [5.41, 5.74) is 1.47. The summed E-state index contributed by atoms with van der Waals surface area (Å²) in [5, 5.41) is 13.4. The second kappa shape index (κ2) is 7.39. The fourth-order valence-corrected chi connectivity index (χ4v) is 18.0. The summed E-state index contributed by atoms with van der Waals surface area (Å²) in [6.07, 6.45) is 0.338. The Hall–Kier alpha value is -2.77. The minimum Gasteiger partial charge on any atom is -0.422 e. The second-order valence-electron chi connectivity index (χ2n) is 9.15. The van der Waals surface area contributed by atoms with Gasteiger partial charge in [-0.2, -0.15) is 0 Å². The van der Waals surface area contributed by atoms with Crippen molar-refractivity contribution in [2.24, 2.45) is 0 Å². The number of hydrogen-bond donors (Lipinski definition) is 0. The molecule has 0 N–H and O–H groups in total. The molecule has 0 spiro atoms. The van der Waals surface area contributed by atoms with Gasteiger partial charge in [-0.1, -0.05) is 60.7 Å². The Bertz CT molecular complexity index is 1670. The van der Waals surface area contributed by atoms with Crippen LogP contribution in [0.1, 0.15) is 11.7 Å². The molecule has 1 heterocycles. The van der Waals surface area contributed by atoms with Crippen LogP contribution in [0.5, 0.6) is 0 Å². The van der Waals surface area contributed by atoms with Gasteiger partial charge >= 0.3 is 0 Å². The van der Waals surface area contributed by atoms with E-state index in [1.165, 1.54) is 65.5 Å². The molecule has 1 atom stereocenters. The Morgan fingerprint density at radius 2 is 1.22 bits per heavy atom. The van der Waals surface area contributed by atoms with Gasteiger partial charge in [0.05, 0.1) is 6.10 Å². The van der Waals surface area contributed by atoms with Crippen LogP contribution in [-0.2, 0) is 4.43 Å². The average Bonchev–Trinajstić information content (AvgIpc) is 2.85. The molecule has 154 valence electrons. The zero-order valence-corrected chi connectivity index (χ0v) is 22.2. The molecule has 7 rings (SSSR count). The molecule has 1 aliphatic heterocycles. The van der Waals surface area contributed by atoms with Crippen LogP contribution < -0.4 is 0 Å². The molecule has 1 saturated heterocycles. The molecule has 0 bridgehead atoms. The van der Waals surface area contributed by atoms with E-state index in [0.717, 1.165) is 0 Å². The monoisotopic (exact) mass is 460 g/mol. The number of fused-ring (bicyclic) bond motifs is 6. The molecular weight excluding hydrogens is 437 g/mol. The average molecular weight is 461 g/mol. The van der Waals surface area contributed by atoms with Crippen molar-refractivity contribution in [1.29, 1.82) is 0 Å². The minimum atomic E-state index is -0.204. The zero-order chi connectivity index (χ0) is 21.1. The standard InChI is InChI=1S/C28H24OSi3/c1-2-6-18-12-22-15-25-20(13-21(22)11-17(18)5-1)9-10-24-26(25)14-19-7-3-4-8-23(19)28(24)27-16-30-32-31-29-27/h1-15,27H,16,30-32H2. The Labute approximate surface area is 193 Å². The van der Waals surface area contributed by atoms with Crippen LogP contribution in [0.2, 0.25) is 6.04 Å². The Kier molecular flexibility index (Phi) is 4.33. The van der Waals surface area contributed by atoms with Crippen molar-refractivity contribution in [3.05, 3.63) is 96.6 Å². The molecule has 0 aliphatic carbocycles. The summed E-state index contributed by atoms with van der Waals surface area (Å²) in [6, 6.07) is 35.5. The second-order valence-corrected chi connectivity index (χ2v) is 23.7.